The van der Waals surface area contributed by atoms with Crippen LogP contribution in [0.15, 0.2) is 73.3 Å². The summed E-state index contributed by atoms with van der Waals surface area (Å²) in [5.74, 6) is -0.389. The van der Waals surface area contributed by atoms with Crippen molar-refractivity contribution in [1.29, 1.82) is 0 Å². The first-order valence-electron chi connectivity index (χ1n) is 10.3. The maximum absolute atomic E-state index is 12.1. The summed E-state index contributed by atoms with van der Waals surface area (Å²) >= 11 is 0. The summed E-state index contributed by atoms with van der Waals surface area (Å²) < 4.78 is 10.3. The van der Waals surface area contributed by atoms with E-state index < -0.39 is 17.7 Å². The Labute approximate surface area is 196 Å². The fraction of sp³-hybridized carbons (Fsp3) is 0.360. The Hall–Kier alpha value is -2.83. The molecule has 1 heterocycles. The second-order valence-corrected chi connectivity index (χ2v) is 8.34. The van der Waals surface area contributed by atoms with Crippen molar-refractivity contribution < 1.29 is 19.1 Å². The fourth-order valence-electron chi connectivity index (χ4n) is 2.95. The Balaban J connectivity index is 0.000000364. The first kappa shape index (κ1) is 27.2. The van der Waals surface area contributed by atoms with Crippen LogP contribution in [-0.2, 0) is 27.1 Å². The smallest absolute Gasteiger partial charge is 0.413 e. The highest BCUT2D eigenvalue weighted by Crippen LogP contribution is 2.20. The lowest BCUT2D eigenvalue weighted by Gasteiger charge is -2.25. The number of nitrogens with two attached hydrogens (primary N) is 1. The van der Waals surface area contributed by atoms with Crippen LogP contribution in [-0.4, -0.2) is 41.4 Å². The van der Waals surface area contributed by atoms with Gasteiger partial charge in [0.15, 0.2) is 6.73 Å². The molecule has 7 heteroatoms. The van der Waals surface area contributed by atoms with Crippen molar-refractivity contribution in [2.24, 2.45) is 5.73 Å². The first-order chi connectivity index (χ1) is 14.7. The molecule has 2 N–H and O–H groups in total. The summed E-state index contributed by atoms with van der Waals surface area (Å²) in [6.07, 6.45) is 2.56. The van der Waals surface area contributed by atoms with E-state index in [1.54, 1.807) is 26.8 Å². The van der Waals surface area contributed by atoms with Gasteiger partial charge in [0.25, 0.3) is 0 Å². The van der Waals surface area contributed by atoms with Crippen LogP contribution in [0.5, 0.6) is 0 Å². The quantitative estimate of drug-likeness (QED) is 0.524. The van der Waals surface area contributed by atoms with Crippen LogP contribution < -0.4 is 5.73 Å². The molecular formula is C25H33ClN2O4. The van der Waals surface area contributed by atoms with Crippen LogP contribution in [0.3, 0.4) is 0 Å². The number of amides is 1. The summed E-state index contributed by atoms with van der Waals surface area (Å²) in [6, 6.07) is 19.2. The van der Waals surface area contributed by atoms with Gasteiger partial charge in [-0.2, -0.15) is 0 Å². The lowest BCUT2D eigenvalue weighted by atomic mass is 10.1. The summed E-state index contributed by atoms with van der Waals surface area (Å²) in [6.45, 7) is 8.94. The van der Waals surface area contributed by atoms with Gasteiger partial charge in [0.05, 0.1) is 0 Å². The standard InChI is InChI=1S/C15H19NO4.C10H13N.ClH/c1-15(2,3)20-14(18)16-10-19-13(17)12(16)9-11-7-5-4-6-8-11;1-2-10(11)8-9-6-4-3-5-7-9;/h4-8,12H,9-10H2,1-3H3;2-7,10H,1,8,11H2;1H/t12-;10-;/m01./s1. The summed E-state index contributed by atoms with van der Waals surface area (Å²) in [4.78, 5) is 25.2. The van der Waals surface area contributed by atoms with Crippen molar-refractivity contribution in [3.8, 4) is 0 Å². The van der Waals surface area contributed by atoms with Gasteiger partial charge < -0.3 is 15.2 Å². The van der Waals surface area contributed by atoms with Crippen LogP contribution in [0.4, 0.5) is 4.79 Å². The van der Waals surface area contributed by atoms with E-state index >= 15 is 0 Å². The van der Waals surface area contributed by atoms with Gasteiger partial charge in [-0.05, 0) is 38.3 Å². The Morgan fingerprint density at radius 1 is 1.16 bits per heavy atom. The van der Waals surface area contributed by atoms with Crippen LogP contribution in [0.2, 0.25) is 0 Å². The molecule has 0 unspecified atom stereocenters. The van der Waals surface area contributed by atoms with Crippen LogP contribution in [0, 0.1) is 0 Å². The SMILES string of the molecule is C=C[C@@H](N)Cc1ccccc1.CC(C)(C)OC(=O)N1COC(=O)[C@@H]1Cc1ccccc1.Cl. The number of hydrogen-bond donors (Lipinski definition) is 1. The minimum absolute atomic E-state index is 0. The van der Waals surface area contributed by atoms with Gasteiger partial charge in [-0.25, -0.2) is 9.59 Å². The molecule has 0 bridgehead atoms. The zero-order valence-electron chi connectivity index (χ0n) is 18.9. The molecule has 0 spiro atoms. The van der Waals surface area contributed by atoms with Gasteiger partial charge in [-0.1, -0.05) is 66.7 Å². The molecule has 0 aliphatic carbocycles. The largest absolute Gasteiger partial charge is 0.444 e. The molecule has 0 aromatic heterocycles. The zero-order valence-corrected chi connectivity index (χ0v) is 19.7. The van der Waals surface area contributed by atoms with Gasteiger partial charge >= 0.3 is 12.1 Å². The van der Waals surface area contributed by atoms with Gasteiger partial charge in [0.1, 0.15) is 11.6 Å². The molecule has 1 aliphatic heterocycles. The number of cyclic esters (lactones) is 1. The predicted octanol–water partition coefficient (Wildman–Crippen LogP) is 4.51. The second kappa shape index (κ2) is 12.9. The number of carbonyl (C=O) groups excluding carboxylic acids is 2. The average molecular weight is 461 g/mol. The molecule has 2 atom stereocenters. The molecule has 1 fully saturated rings. The predicted molar refractivity (Wildman–Crippen MR) is 129 cm³/mol. The number of nitrogens with zero attached hydrogens (tertiary/aromatic N) is 1. The molecular weight excluding hydrogens is 428 g/mol. The first-order valence-corrected chi connectivity index (χ1v) is 10.3. The third-order valence-electron chi connectivity index (χ3n) is 4.51. The number of benzene rings is 2. The number of hydrogen-bond acceptors (Lipinski definition) is 5. The summed E-state index contributed by atoms with van der Waals surface area (Å²) in [5, 5.41) is 0. The maximum atomic E-state index is 12.1. The number of halogens is 1. The molecule has 0 saturated carbocycles. The molecule has 1 saturated heterocycles. The van der Waals surface area contributed by atoms with E-state index in [2.05, 4.69) is 18.7 Å². The highest BCUT2D eigenvalue weighted by molar-refractivity contribution is 5.85. The van der Waals surface area contributed by atoms with E-state index in [1.807, 2.05) is 48.5 Å². The summed E-state index contributed by atoms with van der Waals surface area (Å²) in [5.41, 5.74) is 7.33. The average Bonchev–Trinajstić information content (AvgIpc) is 3.09. The second-order valence-electron chi connectivity index (χ2n) is 8.34. The monoisotopic (exact) mass is 460 g/mol. The number of ether oxygens (including phenoxy) is 2. The number of carbonyl (C=O) groups is 2. The number of esters is 1. The molecule has 2 aromatic rings. The zero-order chi connectivity index (χ0) is 22.9. The summed E-state index contributed by atoms with van der Waals surface area (Å²) in [7, 11) is 0. The van der Waals surface area contributed by atoms with Gasteiger partial charge in [-0.3, -0.25) is 4.90 Å². The molecule has 1 aliphatic rings. The topological polar surface area (TPSA) is 81.9 Å². The Morgan fingerprint density at radius 2 is 1.69 bits per heavy atom. The van der Waals surface area contributed by atoms with Crippen molar-refractivity contribution in [1.82, 2.24) is 4.90 Å². The minimum Gasteiger partial charge on any atom is -0.444 e. The third kappa shape index (κ3) is 9.12. The Morgan fingerprint density at radius 3 is 2.19 bits per heavy atom. The lowest BCUT2D eigenvalue weighted by Crippen LogP contribution is -2.42. The fourth-order valence-corrected chi connectivity index (χ4v) is 2.95. The maximum Gasteiger partial charge on any atom is 0.413 e. The molecule has 2 aromatic carbocycles. The van der Waals surface area contributed by atoms with E-state index in [0.717, 1.165) is 12.0 Å². The molecule has 3 rings (SSSR count). The molecule has 174 valence electrons. The van der Waals surface area contributed by atoms with E-state index in [0.29, 0.717) is 6.42 Å². The van der Waals surface area contributed by atoms with Gasteiger partial charge in [-0.15, -0.1) is 19.0 Å². The van der Waals surface area contributed by atoms with Crippen molar-refractivity contribution in [2.75, 3.05) is 6.73 Å². The Kier molecular flexibility index (Phi) is 11.0. The minimum atomic E-state index is -0.618. The highest BCUT2D eigenvalue weighted by atomic mass is 35.5. The number of rotatable bonds is 5. The highest BCUT2D eigenvalue weighted by Gasteiger charge is 2.39. The van der Waals surface area contributed by atoms with E-state index in [-0.39, 0.29) is 31.1 Å². The van der Waals surface area contributed by atoms with Crippen LogP contribution in [0.1, 0.15) is 31.9 Å². The lowest BCUT2D eigenvalue weighted by molar-refractivity contribution is -0.139. The van der Waals surface area contributed by atoms with Gasteiger partial charge in [0.2, 0.25) is 0 Å². The Bertz CT molecular complexity index is 853. The molecule has 0 radical (unpaired) electrons. The van der Waals surface area contributed by atoms with Crippen molar-refractivity contribution in [3.63, 3.8) is 0 Å². The van der Waals surface area contributed by atoms with Gasteiger partial charge in [0, 0.05) is 12.5 Å². The normalized spacial score (nSPS) is 16.1. The molecule has 6 nitrogen and oxygen atoms in total. The van der Waals surface area contributed by atoms with Crippen LogP contribution in [0.25, 0.3) is 0 Å². The van der Waals surface area contributed by atoms with Crippen molar-refractivity contribution in [3.05, 3.63) is 84.4 Å². The third-order valence-corrected chi connectivity index (χ3v) is 4.51. The van der Waals surface area contributed by atoms with Crippen molar-refractivity contribution in [2.45, 2.75) is 51.3 Å². The molecule has 1 amide bonds. The van der Waals surface area contributed by atoms with E-state index in [4.69, 9.17) is 15.2 Å². The van der Waals surface area contributed by atoms with E-state index in [1.165, 1.54) is 10.5 Å². The van der Waals surface area contributed by atoms with E-state index in [9.17, 15) is 9.59 Å². The molecule has 32 heavy (non-hydrogen) atoms. The van der Waals surface area contributed by atoms with Crippen LogP contribution >= 0.6 is 12.4 Å². The van der Waals surface area contributed by atoms with Crippen molar-refractivity contribution >= 4 is 24.5 Å².